The molecule has 0 bridgehead atoms. The number of hydrogen-bond acceptors (Lipinski definition) is 2. The fourth-order valence-corrected chi connectivity index (χ4v) is 11.4. The van der Waals surface area contributed by atoms with Gasteiger partial charge in [0.2, 0.25) is 0 Å². The van der Waals surface area contributed by atoms with Gasteiger partial charge in [0.25, 0.3) is 0 Å². The van der Waals surface area contributed by atoms with Crippen molar-refractivity contribution in [1.29, 1.82) is 0 Å². The van der Waals surface area contributed by atoms with Crippen molar-refractivity contribution < 1.29 is 0 Å². The van der Waals surface area contributed by atoms with Gasteiger partial charge in [0.15, 0.2) is 0 Å². The lowest BCUT2D eigenvalue weighted by atomic mass is 9.91. The van der Waals surface area contributed by atoms with Gasteiger partial charge >= 0.3 is 0 Å². The Morgan fingerprint density at radius 1 is 0.323 bits per heavy atom. The first-order chi connectivity index (χ1) is 32.2. The summed E-state index contributed by atoms with van der Waals surface area (Å²) in [5.41, 5.74) is 14.1. The number of thiophene rings is 1. The molecule has 13 rings (SSSR count). The lowest BCUT2D eigenvalue weighted by Crippen LogP contribution is -2.10. The van der Waals surface area contributed by atoms with Crippen LogP contribution in [0.4, 0.5) is 17.1 Å². The SMILES string of the molecule is c1ccc(-c2cccc3cccc(-c4ccc(N(c5ccc(-c6cccc7sc8ccccc8c67)cc5)c5cccc6c5c5cc7ccccc7cc5n6-c5ccccc5)cc4)c23)cc1. The number of fused-ring (bicyclic) bond motifs is 8. The van der Waals surface area contributed by atoms with Gasteiger partial charge in [-0.3, -0.25) is 0 Å². The van der Waals surface area contributed by atoms with Gasteiger partial charge in [0.05, 0.1) is 16.7 Å². The van der Waals surface area contributed by atoms with Crippen molar-refractivity contribution in [3.63, 3.8) is 0 Å². The van der Waals surface area contributed by atoms with E-state index in [1.54, 1.807) is 0 Å². The molecule has 0 amide bonds. The number of anilines is 3. The summed E-state index contributed by atoms with van der Waals surface area (Å²) < 4.78 is 5.06. The first-order valence-corrected chi connectivity index (χ1v) is 23.1. The Hall–Kier alpha value is -8.24. The topological polar surface area (TPSA) is 8.17 Å². The smallest absolute Gasteiger partial charge is 0.0562 e. The zero-order chi connectivity index (χ0) is 42.8. The highest BCUT2D eigenvalue weighted by molar-refractivity contribution is 7.25. The van der Waals surface area contributed by atoms with E-state index in [1.807, 2.05) is 11.3 Å². The summed E-state index contributed by atoms with van der Waals surface area (Å²) in [4.78, 5) is 2.46. The maximum Gasteiger partial charge on any atom is 0.0562 e. The average Bonchev–Trinajstić information content (AvgIpc) is 3.92. The molecule has 0 saturated heterocycles. The number of benzene rings is 11. The molecule has 0 fully saturated rings. The molecule has 3 heteroatoms. The van der Waals surface area contributed by atoms with Crippen LogP contribution in [0, 0.1) is 0 Å². The van der Waals surface area contributed by atoms with Crippen LogP contribution in [0.15, 0.2) is 243 Å². The number of para-hydroxylation sites is 1. The van der Waals surface area contributed by atoms with Gasteiger partial charge in [-0.25, -0.2) is 0 Å². The summed E-state index contributed by atoms with van der Waals surface area (Å²) in [6, 6.07) is 89.0. The Morgan fingerprint density at radius 2 is 0.846 bits per heavy atom. The standard InChI is InChI=1S/C62H40N2S/c1-3-15-41(16-4-1)50-24-11-19-44-20-12-25-51(60(44)50)42-31-35-48(36-32-42)63(49-37-33-43(34-38-49)52-26-13-30-59-61(52)53-23-9-10-29-58(53)65-59)55-27-14-28-56-62(55)54-39-45-17-7-8-18-46(45)40-57(54)64(56)47-21-5-2-6-22-47/h1-40H. The molecule has 13 aromatic rings. The van der Waals surface area contributed by atoms with E-state index in [0.29, 0.717) is 0 Å². The largest absolute Gasteiger partial charge is 0.310 e. The highest BCUT2D eigenvalue weighted by atomic mass is 32.1. The monoisotopic (exact) mass is 844 g/mol. The first kappa shape index (κ1) is 37.3. The zero-order valence-corrected chi connectivity index (χ0v) is 36.2. The van der Waals surface area contributed by atoms with E-state index >= 15 is 0 Å². The molecule has 2 aromatic heterocycles. The van der Waals surface area contributed by atoms with Crippen molar-refractivity contribution in [3.05, 3.63) is 243 Å². The highest BCUT2D eigenvalue weighted by Crippen LogP contribution is 2.47. The molecule has 0 aliphatic carbocycles. The number of hydrogen-bond donors (Lipinski definition) is 0. The van der Waals surface area contributed by atoms with Gasteiger partial charge in [-0.05, 0) is 128 Å². The van der Waals surface area contributed by atoms with Crippen molar-refractivity contribution >= 4 is 91.9 Å². The molecular formula is C62H40N2S. The van der Waals surface area contributed by atoms with Crippen molar-refractivity contribution in [2.75, 3.05) is 4.90 Å². The van der Waals surface area contributed by atoms with Gasteiger partial charge in [-0.2, -0.15) is 0 Å². The third-order valence-corrected chi connectivity index (χ3v) is 14.3. The maximum absolute atomic E-state index is 2.46. The Labute approximate surface area is 381 Å². The Bertz CT molecular complexity index is 3910. The van der Waals surface area contributed by atoms with Crippen LogP contribution in [0.25, 0.3) is 103 Å². The Balaban J connectivity index is 1.03. The predicted octanol–water partition coefficient (Wildman–Crippen LogP) is 17.9. The van der Waals surface area contributed by atoms with Crippen molar-refractivity contribution in [3.8, 4) is 39.1 Å². The lowest BCUT2D eigenvalue weighted by Gasteiger charge is -2.27. The highest BCUT2D eigenvalue weighted by Gasteiger charge is 2.23. The van der Waals surface area contributed by atoms with E-state index in [4.69, 9.17) is 0 Å². The van der Waals surface area contributed by atoms with Crippen molar-refractivity contribution in [2.45, 2.75) is 0 Å². The number of aromatic nitrogens is 1. The van der Waals surface area contributed by atoms with Crippen molar-refractivity contribution in [2.24, 2.45) is 0 Å². The molecule has 0 radical (unpaired) electrons. The molecule has 0 spiro atoms. The van der Waals surface area contributed by atoms with Crippen LogP contribution >= 0.6 is 11.3 Å². The molecule has 65 heavy (non-hydrogen) atoms. The van der Waals surface area contributed by atoms with Crippen LogP contribution in [0.1, 0.15) is 0 Å². The molecule has 0 aliphatic rings. The van der Waals surface area contributed by atoms with Crippen LogP contribution in [-0.2, 0) is 0 Å². The second-order valence-corrected chi connectivity index (χ2v) is 17.9. The molecular weight excluding hydrogens is 805 g/mol. The van der Waals surface area contributed by atoms with E-state index in [-0.39, 0.29) is 0 Å². The normalized spacial score (nSPS) is 11.7. The molecule has 0 unspecified atom stereocenters. The minimum atomic E-state index is 1.09. The minimum Gasteiger partial charge on any atom is -0.310 e. The molecule has 304 valence electrons. The second kappa shape index (κ2) is 15.2. The van der Waals surface area contributed by atoms with Gasteiger partial charge in [0.1, 0.15) is 0 Å². The summed E-state index contributed by atoms with van der Waals surface area (Å²) >= 11 is 1.87. The Kier molecular flexibility index (Phi) is 8.75. The summed E-state index contributed by atoms with van der Waals surface area (Å²) in [5, 5.41) is 10.0. The van der Waals surface area contributed by atoms with E-state index in [9.17, 15) is 0 Å². The van der Waals surface area contributed by atoms with Crippen LogP contribution < -0.4 is 4.90 Å². The fraction of sp³-hybridized carbons (Fsp3) is 0. The summed E-state index contributed by atoms with van der Waals surface area (Å²) in [7, 11) is 0. The van der Waals surface area contributed by atoms with Crippen LogP contribution in [0.5, 0.6) is 0 Å². The van der Waals surface area contributed by atoms with Gasteiger partial charge in [-0.1, -0.05) is 170 Å². The summed E-state index contributed by atoms with van der Waals surface area (Å²) in [6.07, 6.45) is 0. The van der Waals surface area contributed by atoms with E-state index in [1.165, 1.54) is 91.4 Å². The second-order valence-electron chi connectivity index (χ2n) is 16.8. The molecule has 11 aromatic carbocycles. The quantitative estimate of drug-likeness (QED) is 0.155. The van der Waals surface area contributed by atoms with Crippen LogP contribution in [0.2, 0.25) is 0 Å². The van der Waals surface area contributed by atoms with Crippen LogP contribution in [0.3, 0.4) is 0 Å². The molecule has 0 N–H and O–H groups in total. The first-order valence-electron chi connectivity index (χ1n) is 22.2. The van der Waals surface area contributed by atoms with Crippen molar-refractivity contribution in [1.82, 2.24) is 4.57 Å². The fourth-order valence-electron chi connectivity index (χ4n) is 10.2. The molecule has 0 atom stereocenters. The molecule has 2 nitrogen and oxygen atoms in total. The van der Waals surface area contributed by atoms with Crippen LogP contribution in [-0.4, -0.2) is 4.57 Å². The lowest BCUT2D eigenvalue weighted by molar-refractivity contribution is 1.18. The minimum absolute atomic E-state index is 1.09. The zero-order valence-electron chi connectivity index (χ0n) is 35.4. The summed E-state index contributed by atoms with van der Waals surface area (Å²) in [6.45, 7) is 0. The average molecular weight is 845 g/mol. The number of nitrogens with zero attached hydrogens (tertiary/aromatic N) is 2. The third kappa shape index (κ3) is 6.16. The van der Waals surface area contributed by atoms with E-state index in [2.05, 4.69) is 252 Å². The summed E-state index contributed by atoms with van der Waals surface area (Å²) in [5.74, 6) is 0. The Morgan fingerprint density at radius 3 is 1.54 bits per heavy atom. The third-order valence-electron chi connectivity index (χ3n) is 13.2. The molecule has 0 saturated carbocycles. The molecule has 0 aliphatic heterocycles. The predicted molar refractivity (Wildman–Crippen MR) is 280 cm³/mol. The molecule has 2 heterocycles. The maximum atomic E-state index is 2.46. The van der Waals surface area contributed by atoms with E-state index < -0.39 is 0 Å². The van der Waals surface area contributed by atoms with Gasteiger partial charge < -0.3 is 9.47 Å². The van der Waals surface area contributed by atoms with E-state index in [0.717, 1.165) is 28.3 Å². The van der Waals surface area contributed by atoms with Gasteiger partial charge in [-0.15, -0.1) is 11.3 Å². The number of rotatable bonds is 7. The van der Waals surface area contributed by atoms with Gasteiger partial charge in [0, 0.05) is 48.0 Å².